The molecular formula is C26H34O4. The molecule has 4 heteroatoms. The molecule has 0 aliphatic heterocycles. The van der Waals surface area contributed by atoms with E-state index in [2.05, 4.69) is 6.92 Å². The van der Waals surface area contributed by atoms with Crippen LogP contribution in [0.2, 0.25) is 0 Å². The first-order valence-corrected chi connectivity index (χ1v) is 11.5. The standard InChI is InChI=1S/C26H34O4/c1-16(17-2-6-19(7-3-17)23-12-10-21(27)14-25(23)29)18-4-8-20(9-5-18)24-13-11-22(28)15-26(24)30/h10-20,27-30H,2-9H2,1H3. The van der Waals surface area contributed by atoms with Crippen molar-refractivity contribution in [3.8, 4) is 23.0 Å². The Morgan fingerprint density at radius 3 is 1.30 bits per heavy atom. The zero-order chi connectivity index (χ0) is 21.3. The molecule has 0 aromatic heterocycles. The van der Waals surface area contributed by atoms with Gasteiger partial charge in [-0.3, -0.25) is 0 Å². The van der Waals surface area contributed by atoms with Crippen LogP contribution in [0.4, 0.5) is 0 Å². The Morgan fingerprint density at radius 2 is 0.967 bits per heavy atom. The van der Waals surface area contributed by atoms with E-state index >= 15 is 0 Å². The van der Waals surface area contributed by atoms with Gasteiger partial charge in [-0.25, -0.2) is 0 Å². The largest absolute Gasteiger partial charge is 0.508 e. The Balaban J connectivity index is 1.30. The van der Waals surface area contributed by atoms with Crippen molar-refractivity contribution in [2.75, 3.05) is 0 Å². The Morgan fingerprint density at radius 1 is 0.600 bits per heavy atom. The number of hydrogen-bond acceptors (Lipinski definition) is 4. The van der Waals surface area contributed by atoms with Crippen molar-refractivity contribution in [2.24, 2.45) is 17.8 Å². The monoisotopic (exact) mass is 410 g/mol. The summed E-state index contributed by atoms with van der Waals surface area (Å²) in [6.45, 7) is 2.42. The highest BCUT2D eigenvalue weighted by Crippen LogP contribution is 2.47. The second-order valence-electron chi connectivity index (χ2n) is 9.57. The van der Waals surface area contributed by atoms with Crippen LogP contribution in [-0.2, 0) is 0 Å². The summed E-state index contributed by atoms with van der Waals surface area (Å²) in [6.07, 6.45) is 9.20. The summed E-state index contributed by atoms with van der Waals surface area (Å²) in [6, 6.07) is 10.0. The Bertz CT molecular complexity index is 790. The highest BCUT2D eigenvalue weighted by molar-refractivity contribution is 5.42. The zero-order valence-corrected chi connectivity index (χ0v) is 17.8. The molecule has 2 saturated carbocycles. The number of hydrogen-bond donors (Lipinski definition) is 4. The second kappa shape index (κ2) is 8.79. The summed E-state index contributed by atoms with van der Waals surface area (Å²) >= 11 is 0. The highest BCUT2D eigenvalue weighted by Gasteiger charge is 2.33. The lowest BCUT2D eigenvalue weighted by atomic mass is 9.66. The van der Waals surface area contributed by atoms with Gasteiger partial charge in [0.25, 0.3) is 0 Å². The summed E-state index contributed by atoms with van der Waals surface area (Å²) in [5, 5.41) is 39.4. The molecule has 2 fully saturated rings. The Kier molecular flexibility index (Phi) is 6.12. The van der Waals surface area contributed by atoms with Crippen LogP contribution in [0, 0.1) is 17.8 Å². The summed E-state index contributed by atoms with van der Waals surface area (Å²) in [5.41, 5.74) is 1.96. The molecule has 2 aromatic rings. The van der Waals surface area contributed by atoms with Crippen molar-refractivity contribution < 1.29 is 20.4 Å². The minimum absolute atomic E-state index is 0.120. The van der Waals surface area contributed by atoms with Crippen LogP contribution in [0.1, 0.15) is 81.3 Å². The van der Waals surface area contributed by atoms with E-state index in [-0.39, 0.29) is 23.0 Å². The fourth-order valence-electron chi connectivity index (χ4n) is 6.05. The first kappa shape index (κ1) is 20.9. The average molecular weight is 411 g/mol. The molecule has 2 aliphatic rings. The van der Waals surface area contributed by atoms with Crippen LogP contribution in [-0.4, -0.2) is 20.4 Å². The summed E-state index contributed by atoms with van der Waals surface area (Å²) < 4.78 is 0. The molecule has 4 N–H and O–H groups in total. The third kappa shape index (κ3) is 4.38. The lowest BCUT2D eigenvalue weighted by Gasteiger charge is -2.39. The Hall–Kier alpha value is -2.36. The maximum absolute atomic E-state index is 10.2. The Labute approximate surface area is 179 Å². The summed E-state index contributed by atoms with van der Waals surface area (Å²) in [5.74, 6) is 3.65. The number of rotatable bonds is 4. The molecule has 0 radical (unpaired) electrons. The van der Waals surface area contributed by atoms with Crippen LogP contribution in [0.15, 0.2) is 36.4 Å². The van der Waals surface area contributed by atoms with Crippen molar-refractivity contribution in [1.29, 1.82) is 0 Å². The molecule has 0 saturated heterocycles. The molecule has 0 heterocycles. The number of phenolic OH excluding ortho intramolecular Hbond substituents is 4. The molecule has 0 spiro atoms. The molecule has 0 atom stereocenters. The van der Waals surface area contributed by atoms with Crippen molar-refractivity contribution in [3.05, 3.63) is 47.5 Å². The smallest absolute Gasteiger partial charge is 0.122 e. The van der Waals surface area contributed by atoms with Crippen LogP contribution in [0.25, 0.3) is 0 Å². The molecule has 0 amide bonds. The van der Waals surface area contributed by atoms with Gasteiger partial charge in [-0.2, -0.15) is 0 Å². The third-order valence-corrected chi connectivity index (χ3v) is 7.94. The van der Waals surface area contributed by atoms with Gasteiger partial charge in [-0.1, -0.05) is 19.1 Å². The first-order valence-electron chi connectivity index (χ1n) is 11.5. The second-order valence-corrected chi connectivity index (χ2v) is 9.57. The van der Waals surface area contributed by atoms with Gasteiger partial charge in [-0.15, -0.1) is 0 Å². The summed E-state index contributed by atoms with van der Waals surface area (Å²) in [7, 11) is 0. The van der Waals surface area contributed by atoms with E-state index in [1.165, 1.54) is 37.8 Å². The minimum Gasteiger partial charge on any atom is -0.508 e. The van der Waals surface area contributed by atoms with Crippen molar-refractivity contribution in [3.63, 3.8) is 0 Å². The van der Waals surface area contributed by atoms with Gasteiger partial charge in [0, 0.05) is 12.1 Å². The predicted molar refractivity (Wildman–Crippen MR) is 118 cm³/mol. The lowest BCUT2D eigenvalue weighted by molar-refractivity contribution is 0.145. The molecule has 0 bridgehead atoms. The maximum Gasteiger partial charge on any atom is 0.122 e. The lowest BCUT2D eigenvalue weighted by Crippen LogP contribution is -2.27. The van der Waals surface area contributed by atoms with Crippen LogP contribution < -0.4 is 0 Å². The molecule has 2 aromatic carbocycles. The maximum atomic E-state index is 10.2. The molecule has 0 unspecified atom stereocenters. The first-order chi connectivity index (χ1) is 14.4. The van der Waals surface area contributed by atoms with Gasteiger partial charge in [-0.05, 0) is 104 Å². The van der Waals surface area contributed by atoms with Crippen molar-refractivity contribution in [2.45, 2.75) is 70.1 Å². The van der Waals surface area contributed by atoms with E-state index < -0.39 is 0 Å². The van der Waals surface area contributed by atoms with Crippen molar-refractivity contribution in [1.82, 2.24) is 0 Å². The van der Waals surface area contributed by atoms with E-state index in [1.54, 1.807) is 12.1 Å². The SMILES string of the molecule is CC(C1CCC(c2ccc(O)cc2O)CC1)C1CCC(c2ccc(O)cc2O)CC1. The van der Waals surface area contributed by atoms with Gasteiger partial charge >= 0.3 is 0 Å². The molecule has 2 aliphatic carbocycles. The van der Waals surface area contributed by atoms with Crippen LogP contribution in [0.5, 0.6) is 23.0 Å². The van der Waals surface area contributed by atoms with E-state index in [9.17, 15) is 20.4 Å². The van der Waals surface area contributed by atoms with E-state index in [1.807, 2.05) is 12.1 Å². The number of aromatic hydroxyl groups is 4. The number of benzene rings is 2. The van der Waals surface area contributed by atoms with Gasteiger partial charge in [0.2, 0.25) is 0 Å². The number of phenols is 4. The van der Waals surface area contributed by atoms with E-state index in [0.717, 1.165) is 48.6 Å². The average Bonchev–Trinajstić information content (AvgIpc) is 2.74. The van der Waals surface area contributed by atoms with Gasteiger partial charge in [0.05, 0.1) is 0 Å². The predicted octanol–water partition coefficient (Wildman–Crippen LogP) is 6.39. The molecule has 162 valence electrons. The summed E-state index contributed by atoms with van der Waals surface area (Å²) in [4.78, 5) is 0. The fourth-order valence-corrected chi connectivity index (χ4v) is 6.05. The van der Waals surface area contributed by atoms with Crippen LogP contribution >= 0.6 is 0 Å². The van der Waals surface area contributed by atoms with Crippen LogP contribution in [0.3, 0.4) is 0 Å². The van der Waals surface area contributed by atoms with Gasteiger partial charge < -0.3 is 20.4 Å². The fraction of sp³-hybridized carbons (Fsp3) is 0.538. The third-order valence-electron chi connectivity index (χ3n) is 7.94. The van der Waals surface area contributed by atoms with Crippen molar-refractivity contribution >= 4 is 0 Å². The highest BCUT2D eigenvalue weighted by atomic mass is 16.3. The van der Waals surface area contributed by atoms with Gasteiger partial charge in [0.1, 0.15) is 23.0 Å². The molecule has 4 rings (SSSR count). The zero-order valence-electron chi connectivity index (χ0n) is 17.8. The minimum atomic E-state index is 0.120. The van der Waals surface area contributed by atoms with Gasteiger partial charge in [0.15, 0.2) is 0 Å². The quantitative estimate of drug-likeness (QED) is 0.470. The molecule has 30 heavy (non-hydrogen) atoms. The molecular weight excluding hydrogens is 376 g/mol. The van der Waals surface area contributed by atoms with E-state index in [0.29, 0.717) is 17.8 Å². The normalized spacial score (nSPS) is 28.2. The van der Waals surface area contributed by atoms with E-state index in [4.69, 9.17) is 0 Å². The molecule has 4 nitrogen and oxygen atoms in total. The topological polar surface area (TPSA) is 80.9 Å².